The lowest BCUT2D eigenvalue weighted by Gasteiger charge is -2.20. The van der Waals surface area contributed by atoms with E-state index in [2.05, 4.69) is 0 Å². The molecule has 4 nitrogen and oxygen atoms in total. The average Bonchev–Trinajstić information content (AvgIpc) is 2.14. The Hall–Kier alpha value is -1.84. The zero-order chi connectivity index (χ0) is 13.2. The summed E-state index contributed by atoms with van der Waals surface area (Å²) in [5.41, 5.74) is 0.475. The van der Waals surface area contributed by atoms with Crippen LogP contribution in [0.3, 0.4) is 0 Å². The maximum atomic E-state index is 11.8. The van der Waals surface area contributed by atoms with E-state index in [1.54, 1.807) is 33.8 Å². The molecule has 0 spiro atoms. The molecule has 0 aliphatic rings. The lowest BCUT2D eigenvalue weighted by Crippen LogP contribution is -2.24. The van der Waals surface area contributed by atoms with Crippen LogP contribution in [-0.4, -0.2) is 22.6 Å². The van der Waals surface area contributed by atoms with Gasteiger partial charge in [0.1, 0.15) is 5.60 Å². The number of aromatic carboxylic acids is 1. The van der Waals surface area contributed by atoms with E-state index in [0.717, 1.165) is 0 Å². The van der Waals surface area contributed by atoms with Gasteiger partial charge in [0.05, 0.1) is 11.1 Å². The Bertz CT molecular complexity index is 455. The number of rotatable bonds is 2. The van der Waals surface area contributed by atoms with Crippen LogP contribution in [0.2, 0.25) is 0 Å². The van der Waals surface area contributed by atoms with Gasteiger partial charge in [-0.25, -0.2) is 9.59 Å². The van der Waals surface area contributed by atoms with Crippen molar-refractivity contribution < 1.29 is 19.4 Å². The molecule has 0 radical (unpaired) electrons. The van der Waals surface area contributed by atoms with Gasteiger partial charge >= 0.3 is 11.9 Å². The van der Waals surface area contributed by atoms with Gasteiger partial charge in [-0.15, -0.1) is 0 Å². The second kappa shape index (κ2) is 4.57. The van der Waals surface area contributed by atoms with Crippen molar-refractivity contribution in [3.05, 3.63) is 34.9 Å². The van der Waals surface area contributed by atoms with Gasteiger partial charge in [-0.2, -0.15) is 0 Å². The number of carboxylic acids is 1. The van der Waals surface area contributed by atoms with Gasteiger partial charge in [-0.3, -0.25) is 0 Å². The Balaban J connectivity index is 3.08. The number of benzene rings is 1. The zero-order valence-electron chi connectivity index (χ0n) is 10.4. The number of carbonyl (C=O) groups excluding carboxylic acids is 1. The molecule has 1 aromatic rings. The highest BCUT2D eigenvalue weighted by atomic mass is 16.6. The van der Waals surface area contributed by atoms with E-state index in [0.29, 0.717) is 11.1 Å². The molecule has 17 heavy (non-hydrogen) atoms. The van der Waals surface area contributed by atoms with Crippen LogP contribution in [0.15, 0.2) is 18.2 Å². The topological polar surface area (TPSA) is 63.6 Å². The van der Waals surface area contributed by atoms with Crippen LogP contribution < -0.4 is 0 Å². The van der Waals surface area contributed by atoms with Crippen LogP contribution in [0.5, 0.6) is 0 Å². The summed E-state index contributed by atoms with van der Waals surface area (Å²) in [5, 5.41) is 8.86. The SMILES string of the molecule is Cc1ccc(C(=O)O)cc1C(=O)OC(C)(C)C. The summed E-state index contributed by atoms with van der Waals surface area (Å²) in [4.78, 5) is 22.7. The first-order valence-corrected chi connectivity index (χ1v) is 5.28. The molecule has 0 fully saturated rings. The fraction of sp³-hybridized carbons (Fsp3) is 0.385. The molecule has 1 rings (SSSR count). The maximum Gasteiger partial charge on any atom is 0.338 e. The standard InChI is InChI=1S/C13H16O4/c1-8-5-6-9(11(14)15)7-10(8)12(16)17-13(2,3)4/h5-7H,1-4H3,(H,14,15). The summed E-state index contributed by atoms with van der Waals surface area (Å²) < 4.78 is 5.21. The van der Waals surface area contributed by atoms with Crippen molar-refractivity contribution in [3.8, 4) is 0 Å². The van der Waals surface area contributed by atoms with E-state index in [4.69, 9.17) is 9.84 Å². The number of carbonyl (C=O) groups is 2. The fourth-order valence-corrected chi connectivity index (χ4v) is 1.31. The van der Waals surface area contributed by atoms with Gasteiger partial charge in [0, 0.05) is 0 Å². The molecule has 1 aromatic carbocycles. The van der Waals surface area contributed by atoms with Gasteiger partial charge in [0.25, 0.3) is 0 Å². The van der Waals surface area contributed by atoms with Crippen LogP contribution in [0, 0.1) is 6.92 Å². The first kappa shape index (κ1) is 13.2. The molecule has 0 unspecified atom stereocenters. The molecule has 0 saturated carbocycles. The highest BCUT2D eigenvalue weighted by Crippen LogP contribution is 2.16. The number of ether oxygens (including phenoxy) is 1. The van der Waals surface area contributed by atoms with Crippen LogP contribution in [0.4, 0.5) is 0 Å². The largest absolute Gasteiger partial charge is 0.478 e. The third-order valence-corrected chi connectivity index (χ3v) is 2.10. The third kappa shape index (κ3) is 3.59. The molecule has 4 heteroatoms. The quantitative estimate of drug-likeness (QED) is 0.802. The molecule has 0 aromatic heterocycles. The molecule has 0 bridgehead atoms. The van der Waals surface area contributed by atoms with E-state index >= 15 is 0 Å². The molecule has 0 heterocycles. The van der Waals surface area contributed by atoms with Gasteiger partial charge in [-0.05, 0) is 45.4 Å². The predicted octanol–water partition coefficient (Wildman–Crippen LogP) is 2.65. The number of hydrogen-bond acceptors (Lipinski definition) is 3. The average molecular weight is 236 g/mol. The number of hydrogen-bond donors (Lipinski definition) is 1. The Morgan fingerprint density at radius 2 is 1.82 bits per heavy atom. The smallest absolute Gasteiger partial charge is 0.338 e. The van der Waals surface area contributed by atoms with Gasteiger partial charge < -0.3 is 9.84 Å². The molecule has 92 valence electrons. The van der Waals surface area contributed by atoms with Gasteiger partial charge in [0.15, 0.2) is 0 Å². The Morgan fingerprint density at radius 3 is 2.29 bits per heavy atom. The van der Waals surface area contributed by atoms with Gasteiger partial charge in [-0.1, -0.05) is 6.07 Å². The lowest BCUT2D eigenvalue weighted by molar-refractivity contribution is 0.00687. The van der Waals surface area contributed by atoms with E-state index in [1.807, 2.05) is 0 Å². The van der Waals surface area contributed by atoms with Crippen molar-refractivity contribution in [2.45, 2.75) is 33.3 Å². The Morgan fingerprint density at radius 1 is 1.24 bits per heavy atom. The lowest BCUT2D eigenvalue weighted by atomic mass is 10.0. The maximum absolute atomic E-state index is 11.8. The highest BCUT2D eigenvalue weighted by Gasteiger charge is 2.20. The minimum Gasteiger partial charge on any atom is -0.478 e. The minimum atomic E-state index is -1.06. The number of carboxylic acid groups (broad SMARTS) is 1. The second-order valence-electron chi connectivity index (χ2n) is 4.84. The molecule has 1 N–H and O–H groups in total. The van der Waals surface area contributed by atoms with Crippen molar-refractivity contribution in [2.24, 2.45) is 0 Å². The van der Waals surface area contributed by atoms with Gasteiger partial charge in [0.2, 0.25) is 0 Å². The predicted molar refractivity (Wildman–Crippen MR) is 63.3 cm³/mol. The number of esters is 1. The summed E-state index contributed by atoms with van der Waals surface area (Å²) in [7, 11) is 0. The number of aryl methyl sites for hydroxylation is 1. The van der Waals surface area contributed by atoms with E-state index in [1.165, 1.54) is 12.1 Å². The van der Waals surface area contributed by atoms with Crippen molar-refractivity contribution in [1.82, 2.24) is 0 Å². The molecular formula is C13H16O4. The van der Waals surface area contributed by atoms with E-state index in [-0.39, 0.29) is 5.56 Å². The first-order chi connectivity index (χ1) is 7.70. The van der Waals surface area contributed by atoms with Crippen molar-refractivity contribution >= 4 is 11.9 Å². The van der Waals surface area contributed by atoms with Crippen molar-refractivity contribution in [3.63, 3.8) is 0 Å². The summed E-state index contributed by atoms with van der Waals surface area (Å²) in [5.74, 6) is -1.56. The molecule has 0 aliphatic carbocycles. The van der Waals surface area contributed by atoms with Crippen molar-refractivity contribution in [2.75, 3.05) is 0 Å². The molecule has 0 atom stereocenters. The fourth-order valence-electron chi connectivity index (χ4n) is 1.31. The molecular weight excluding hydrogens is 220 g/mol. The van der Waals surface area contributed by atoms with Crippen LogP contribution >= 0.6 is 0 Å². The Labute approximate surface area is 100 Å². The molecule has 0 aliphatic heterocycles. The van der Waals surface area contributed by atoms with Crippen LogP contribution in [0.1, 0.15) is 47.1 Å². The highest BCUT2D eigenvalue weighted by molar-refractivity contribution is 5.95. The molecule has 0 saturated heterocycles. The minimum absolute atomic E-state index is 0.0801. The third-order valence-electron chi connectivity index (χ3n) is 2.10. The van der Waals surface area contributed by atoms with Crippen LogP contribution in [0.25, 0.3) is 0 Å². The normalized spacial score (nSPS) is 11.1. The van der Waals surface area contributed by atoms with E-state index < -0.39 is 17.5 Å². The zero-order valence-corrected chi connectivity index (χ0v) is 10.4. The first-order valence-electron chi connectivity index (χ1n) is 5.28. The van der Waals surface area contributed by atoms with Crippen molar-refractivity contribution in [1.29, 1.82) is 0 Å². The Kier molecular flexibility index (Phi) is 3.56. The summed E-state index contributed by atoms with van der Waals surface area (Å²) in [6.45, 7) is 7.04. The second-order valence-corrected chi connectivity index (χ2v) is 4.84. The molecule has 0 amide bonds. The summed E-state index contributed by atoms with van der Waals surface area (Å²) >= 11 is 0. The van der Waals surface area contributed by atoms with Crippen LogP contribution in [-0.2, 0) is 4.74 Å². The van der Waals surface area contributed by atoms with E-state index in [9.17, 15) is 9.59 Å². The monoisotopic (exact) mass is 236 g/mol. The summed E-state index contributed by atoms with van der Waals surface area (Å²) in [6.07, 6.45) is 0. The summed E-state index contributed by atoms with van der Waals surface area (Å²) in [6, 6.07) is 4.40.